The number of carbonyl (C=O) groups excluding carboxylic acids is 1. The van der Waals surface area contributed by atoms with Crippen molar-refractivity contribution in [3.8, 4) is 11.4 Å². The fourth-order valence-corrected chi connectivity index (χ4v) is 4.78. The molecule has 8 nitrogen and oxygen atoms in total. The molecule has 30 heavy (non-hydrogen) atoms. The minimum atomic E-state index is -0.437. The zero-order valence-corrected chi connectivity index (χ0v) is 18.6. The van der Waals surface area contributed by atoms with Crippen molar-refractivity contribution < 1.29 is 9.53 Å². The molecule has 2 unspecified atom stereocenters. The van der Waals surface area contributed by atoms with E-state index in [4.69, 9.17) is 4.74 Å². The van der Waals surface area contributed by atoms with Gasteiger partial charge in [0.1, 0.15) is 17.1 Å². The smallest absolute Gasteiger partial charge is 0.410 e. The molecule has 1 amide bonds. The van der Waals surface area contributed by atoms with Crippen molar-refractivity contribution in [1.29, 1.82) is 0 Å². The van der Waals surface area contributed by atoms with Crippen LogP contribution in [0.3, 0.4) is 0 Å². The highest BCUT2D eigenvalue weighted by Gasteiger charge is 2.43. The predicted octanol–water partition coefficient (Wildman–Crippen LogP) is 3.49. The van der Waals surface area contributed by atoms with Crippen LogP contribution in [-0.4, -0.2) is 56.2 Å². The van der Waals surface area contributed by atoms with E-state index in [0.717, 1.165) is 55.2 Å². The number of amides is 1. The lowest BCUT2D eigenvalue weighted by Crippen LogP contribution is -2.36. The Morgan fingerprint density at radius 1 is 1.20 bits per heavy atom. The molecule has 2 fully saturated rings. The molecule has 8 heteroatoms. The number of aryl methyl sites for hydroxylation is 2. The summed E-state index contributed by atoms with van der Waals surface area (Å²) in [4.78, 5) is 14.2. The summed E-state index contributed by atoms with van der Waals surface area (Å²) in [6, 6.07) is 3.97. The van der Waals surface area contributed by atoms with E-state index in [2.05, 4.69) is 20.6 Å². The number of likely N-dealkylation sites (tertiary alicyclic amines) is 1. The lowest BCUT2D eigenvalue weighted by atomic mass is 10.0. The largest absolute Gasteiger partial charge is 0.444 e. The second kappa shape index (κ2) is 7.89. The topological polar surface area (TPSA) is 85.2 Å². The summed E-state index contributed by atoms with van der Waals surface area (Å²) in [5.41, 5.74) is 2.47. The molecule has 0 aromatic carbocycles. The van der Waals surface area contributed by atoms with Crippen LogP contribution in [-0.2, 0) is 11.8 Å². The summed E-state index contributed by atoms with van der Waals surface area (Å²) in [7, 11) is 1.91. The van der Waals surface area contributed by atoms with E-state index in [-0.39, 0.29) is 6.09 Å². The number of nitrogens with zero attached hydrogens (tertiary/aromatic N) is 5. The summed E-state index contributed by atoms with van der Waals surface area (Å²) in [5.74, 6) is 2.55. The van der Waals surface area contributed by atoms with E-state index in [9.17, 15) is 4.79 Å². The molecular weight excluding hydrogens is 380 g/mol. The van der Waals surface area contributed by atoms with Crippen molar-refractivity contribution >= 4 is 11.9 Å². The fourth-order valence-electron chi connectivity index (χ4n) is 4.78. The van der Waals surface area contributed by atoms with Crippen LogP contribution in [0.25, 0.3) is 11.4 Å². The molecule has 2 aliphatic rings. The summed E-state index contributed by atoms with van der Waals surface area (Å²) < 4.78 is 7.35. The molecule has 3 atom stereocenters. The third-order valence-electron chi connectivity index (χ3n) is 6.10. The van der Waals surface area contributed by atoms with E-state index in [0.29, 0.717) is 17.8 Å². The lowest BCUT2D eigenvalue weighted by molar-refractivity contribution is 0.0278. The molecule has 0 radical (unpaired) electrons. The van der Waals surface area contributed by atoms with Gasteiger partial charge >= 0.3 is 6.09 Å². The number of hydrogen-bond donors (Lipinski definition) is 1. The monoisotopic (exact) mass is 412 g/mol. The zero-order valence-electron chi connectivity index (χ0n) is 18.6. The van der Waals surface area contributed by atoms with Crippen LogP contribution < -0.4 is 5.32 Å². The Kier molecular flexibility index (Phi) is 5.42. The number of ether oxygens (including phenoxy) is 1. The lowest BCUT2D eigenvalue weighted by Gasteiger charge is -2.25. The van der Waals surface area contributed by atoms with Gasteiger partial charge in [-0.05, 0) is 76.0 Å². The predicted molar refractivity (Wildman–Crippen MR) is 115 cm³/mol. The first-order valence-electron chi connectivity index (χ1n) is 10.7. The molecule has 0 spiro atoms. The minimum Gasteiger partial charge on any atom is -0.444 e. The second-order valence-electron chi connectivity index (χ2n) is 9.73. The quantitative estimate of drug-likeness (QED) is 0.827. The molecule has 1 aliphatic heterocycles. The summed E-state index contributed by atoms with van der Waals surface area (Å²) in [6.07, 6.45) is 3.93. The Labute approximate surface area is 178 Å². The van der Waals surface area contributed by atoms with Gasteiger partial charge in [-0.25, -0.2) is 4.79 Å². The van der Waals surface area contributed by atoms with Crippen molar-refractivity contribution in [1.82, 2.24) is 24.9 Å². The number of hydrogen-bond acceptors (Lipinski definition) is 6. The third kappa shape index (κ3) is 4.42. The van der Waals surface area contributed by atoms with Gasteiger partial charge in [-0.1, -0.05) is 0 Å². The average molecular weight is 413 g/mol. The maximum atomic E-state index is 12.3. The fraction of sp³-hybridized carbons (Fsp3) is 0.636. The van der Waals surface area contributed by atoms with Gasteiger partial charge < -0.3 is 15.0 Å². The van der Waals surface area contributed by atoms with Crippen LogP contribution in [0.4, 0.5) is 10.6 Å². The van der Waals surface area contributed by atoms with E-state index in [1.165, 1.54) is 0 Å². The summed E-state index contributed by atoms with van der Waals surface area (Å²) in [5, 5.41) is 16.4. The van der Waals surface area contributed by atoms with Crippen LogP contribution in [0.2, 0.25) is 0 Å². The van der Waals surface area contributed by atoms with Crippen LogP contribution >= 0.6 is 0 Å². The van der Waals surface area contributed by atoms with E-state index >= 15 is 0 Å². The maximum Gasteiger partial charge on any atom is 0.410 e. The molecule has 1 saturated carbocycles. The highest BCUT2D eigenvalue weighted by molar-refractivity contribution is 5.68. The molecular formula is C22H32N6O2. The number of nitrogens with one attached hydrogen (secondary N) is 1. The van der Waals surface area contributed by atoms with E-state index < -0.39 is 5.60 Å². The van der Waals surface area contributed by atoms with Crippen LogP contribution in [0.1, 0.15) is 39.2 Å². The number of anilines is 1. The Hall–Kier alpha value is -2.64. The number of fused-ring (bicyclic) bond motifs is 1. The SMILES string of the molecule is Cc1cnn(C)c1-c1ccc(NCC2CC3CN(C(=O)OC(C)(C)C)C[C@H]3C2)nn1. The Morgan fingerprint density at radius 3 is 2.43 bits per heavy atom. The van der Waals surface area contributed by atoms with Gasteiger partial charge in [-0.2, -0.15) is 5.10 Å². The first-order chi connectivity index (χ1) is 14.2. The Balaban J connectivity index is 1.26. The van der Waals surface area contributed by atoms with Crippen molar-refractivity contribution in [3.63, 3.8) is 0 Å². The summed E-state index contributed by atoms with van der Waals surface area (Å²) in [6.45, 7) is 10.3. The van der Waals surface area contributed by atoms with Gasteiger partial charge in [0, 0.05) is 26.7 Å². The molecule has 1 N–H and O–H groups in total. The molecule has 4 rings (SSSR count). The van der Waals surface area contributed by atoms with Gasteiger partial charge in [0.25, 0.3) is 0 Å². The number of rotatable bonds is 4. The number of aromatic nitrogens is 4. The van der Waals surface area contributed by atoms with Crippen LogP contribution in [0, 0.1) is 24.7 Å². The first-order valence-corrected chi connectivity index (χ1v) is 10.7. The normalized spacial score (nSPS) is 23.5. The molecule has 1 aliphatic carbocycles. The van der Waals surface area contributed by atoms with E-state index in [1.807, 2.05) is 62.7 Å². The van der Waals surface area contributed by atoms with Gasteiger partial charge in [0.05, 0.1) is 11.9 Å². The van der Waals surface area contributed by atoms with Crippen LogP contribution in [0.15, 0.2) is 18.3 Å². The van der Waals surface area contributed by atoms with Gasteiger partial charge in [0.2, 0.25) is 0 Å². The van der Waals surface area contributed by atoms with Crippen molar-refractivity contribution in [3.05, 3.63) is 23.9 Å². The average Bonchev–Trinajstić information content (AvgIpc) is 3.32. The third-order valence-corrected chi connectivity index (χ3v) is 6.10. The van der Waals surface area contributed by atoms with Crippen molar-refractivity contribution in [2.75, 3.05) is 25.0 Å². The van der Waals surface area contributed by atoms with Gasteiger partial charge in [-0.15, -0.1) is 10.2 Å². The van der Waals surface area contributed by atoms with Crippen molar-refractivity contribution in [2.45, 2.75) is 46.1 Å². The minimum absolute atomic E-state index is 0.175. The zero-order chi connectivity index (χ0) is 21.5. The number of carbonyl (C=O) groups is 1. The highest BCUT2D eigenvalue weighted by atomic mass is 16.6. The second-order valence-corrected chi connectivity index (χ2v) is 9.73. The molecule has 0 bridgehead atoms. The Bertz CT molecular complexity index is 868. The maximum absolute atomic E-state index is 12.3. The van der Waals surface area contributed by atoms with Crippen LogP contribution in [0.5, 0.6) is 0 Å². The highest BCUT2D eigenvalue weighted by Crippen LogP contribution is 2.41. The molecule has 3 heterocycles. The van der Waals surface area contributed by atoms with Gasteiger partial charge in [-0.3, -0.25) is 4.68 Å². The molecule has 2 aromatic heterocycles. The van der Waals surface area contributed by atoms with Crippen molar-refractivity contribution in [2.24, 2.45) is 24.8 Å². The van der Waals surface area contributed by atoms with Gasteiger partial charge in [0.15, 0.2) is 0 Å². The first kappa shape index (κ1) is 20.6. The standard InChI is InChI=1S/C22H32N6O2/c1-14-10-24-27(5)20(14)18-6-7-19(26-25-18)23-11-15-8-16-12-28(13-17(16)9-15)21(29)30-22(2,3)4/h6-7,10,15-17H,8-9,11-13H2,1-5H3,(H,23,26)/t15?,16-,17?/m1/s1. The molecule has 2 aromatic rings. The Morgan fingerprint density at radius 2 is 1.90 bits per heavy atom. The molecule has 162 valence electrons. The molecule has 1 saturated heterocycles. The van der Waals surface area contributed by atoms with E-state index in [1.54, 1.807) is 0 Å². The summed E-state index contributed by atoms with van der Waals surface area (Å²) >= 11 is 0.